The number of carbonyl (C=O) groups is 2. The Morgan fingerprint density at radius 1 is 1.03 bits per heavy atom. The van der Waals surface area contributed by atoms with Gasteiger partial charge in [-0.25, -0.2) is 4.79 Å². The van der Waals surface area contributed by atoms with E-state index in [0.29, 0.717) is 17.8 Å². The van der Waals surface area contributed by atoms with E-state index in [4.69, 9.17) is 4.74 Å². The summed E-state index contributed by atoms with van der Waals surface area (Å²) in [6.07, 6.45) is 4.35. The van der Waals surface area contributed by atoms with Crippen molar-refractivity contribution in [1.82, 2.24) is 10.6 Å². The second-order valence-corrected chi connectivity index (χ2v) is 8.20. The van der Waals surface area contributed by atoms with Crippen LogP contribution in [-0.4, -0.2) is 31.6 Å². The number of carbonyl (C=O) groups excluding carboxylic acids is 2. The molecule has 0 unspecified atom stereocenters. The standard InChI is InChI=1S/C24H31N3O3/c1-17(2)26-23(29)27-19-12-10-18(11-13-19)22(28)25-16-24(14-6-7-15-24)20-8-4-5-9-21(20)30-3/h4-5,8-13,17H,6-7,14-16H2,1-3H3,(H,25,28)(H2,26,27,29). The summed E-state index contributed by atoms with van der Waals surface area (Å²) in [7, 11) is 1.69. The molecule has 1 aliphatic rings. The number of anilines is 1. The van der Waals surface area contributed by atoms with Gasteiger partial charge in [0.15, 0.2) is 0 Å². The van der Waals surface area contributed by atoms with Gasteiger partial charge in [-0.3, -0.25) is 4.79 Å². The van der Waals surface area contributed by atoms with Gasteiger partial charge >= 0.3 is 6.03 Å². The molecule has 30 heavy (non-hydrogen) atoms. The molecule has 0 saturated heterocycles. The van der Waals surface area contributed by atoms with E-state index in [1.54, 1.807) is 31.4 Å². The minimum atomic E-state index is -0.262. The van der Waals surface area contributed by atoms with Crippen molar-refractivity contribution in [2.75, 3.05) is 19.0 Å². The summed E-state index contributed by atoms with van der Waals surface area (Å²) in [5, 5.41) is 8.65. The summed E-state index contributed by atoms with van der Waals surface area (Å²) in [4.78, 5) is 24.6. The number of nitrogens with one attached hydrogen (secondary N) is 3. The highest BCUT2D eigenvalue weighted by Gasteiger charge is 2.38. The third kappa shape index (κ3) is 5.12. The number of hydrogen-bond acceptors (Lipinski definition) is 3. The number of methoxy groups -OCH3 is 1. The molecule has 0 aliphatic heterocycles. The first-order valence-electron chi connectivity index (χ1n) is 10.5. The number of urea groups is 1. The Morgan fingerprint density at radius 3 is 2.33 bits per heavy atom. The molecule has 2 aromatic rings. The fourth-order valence-electron chi connectivity index (χ4n) is 4.16. The lowest BCUT2D eigenvalue weighted by molar-refractivity contribution is 0.0942. The molecule has 3 rings (SSSR count). The molecule has 1 saturated carbocycles. The van der Waals surface area contributed by atoms with Gasteiger partial charge in [-0.1, -0.05) is 31.0 Å². The van der Waals surface area contributed by atoms with E-state index < -0.39 is 0 Å². The number of benzene rings is 2. The van der Waals surface area contributed by atoms with Crippen LogP contribution in [0, 0.1) is 0 Å². The molecule has 6 nitrogen and oxygen atoms in total. The molecule has 1 fully saturated rings. The van der Waals surface area contributed by atoms with Crippen LogP contribution in [0.3, 0.4) is 0 Å². The molecule has 3 amide bonds. The summed E-state index contributed by atoms with van der Waals surface area (Å²) >= 11 is 0. The average molecular weight is 410 g/mol. The predicted molar refractivity (Wildman–Crippen MR) is 119 cm³/mol. The van der Waals surface area contributed by atoms with Crippen LogP contribution in [0.1, 0.15) is 55.5 Å². The van der Waals surface area contributed by atoms with Gasteiger partial charge in [0.25, 0.3) is 5.91 Å². The van der Waals surface area contributed by atoms with E-state index >= 15 is 0 Å². The minimum absolute atomic E-state index is 0.0567. The van der Waals surface area contributed by atoms with Gasteiger partial charge in [-0.15, -0.1) is 0 Å². The number of rotatable bonds is 7. The molecule has 2 aromatic carbocycles. The highest BCUT2D eigenvalue weighted by Crippen LogP contribution is 2.44. The topological polar surface area (TPSA) is 79.5 Å². The molecule has 0 aromatic heterocycles. The Balaban J connectivity index is 1.66. The first-order chi connectivity index (χ1) is 14.4. The van der Waals surface area contributed by atoms with Gasteiger partial charge in [0.05, 0.1) is 7.11 Å². The summed E-state index contributed by atoms with van der Waals surface area (Å²) < 4.78 is 5.59. The van der Waals surface area contributed by atoms with Crippen LogP contribution < -0.4 is 20.7 Å². The van der Waals surface area contributed by atoms with Crippen molar-refractivity contribution in [3.05, 3.63) is 59.7 Å². The van der Waals surface area contributed by atoms with Crippen molar-refractivity contribution in [2.24, 2.45) is 0 Å². The molecule has 0 heterocycles. The zero-order chi connectivity index (χ0) is 21.6. The maximum atomic E-state index is 12.8. The normalized spacial score (nSPS) is 14.9. The van der Waals surface area contributed by atoms with Crippen LogP contribution in [0.2, 0.25) is 0 Å². The number of hydrogen-bond donors (Lipinski definition) is 3. The Labute approximate surface area is 178 Å². The van der Waals surface area contributed by atoms with Gasteiger partial charge in [-0.05, 0) is 57.0 Å². The van der Waals surface area contributed by atoms with E-state index in [-0.39, 0.29) is 23.4 Å². The van der Waals surface area contributed by atoms with Crippen molar-refractivity contribution >= 4 is 17.6 Å². The molecule has 0 radical (unpaired) electrons. The van der Waals surface area contributed by atoms with Crippen LogP contribution in [0.15, 0.2) is 48.5 Å². The Kier molecular flexibility index (Phi) is 6.98. The summed E-state index contributed by atoms with van der Waals surface area (Å²) in [6.45, 7) is 4.37. The number of para-hydroxylation sites is 1. The quantitative estimate of drug-likeness (QED) is 0.631. The highest BCUT2D eigenvalue weighted by atomic mass is 16.5. The molecule has 0 bridgehead atoms. The first kappa shape index (κ1) is 21.7. The van der Waals surface area contributed by atoms with Crippen molar-refractivity contribution in [1.29, 1.82) is 0 Å². The third-order valence-electron chi connectivity index (χ3n) is 5.65. The van der Waals surface area contributed by atoms with Gasteiger partial charge in [0.1, 0.15) is 5.75 Å². The van der Waals surface area contributed by atoms with E-state index in [0.717, 1.165) is 31.4 Å². The Hall–Kier alpha value is -3.02. The lowest BCUT2D eigenvalue weighted by Gasteiger charge is -2.31. The molecular formula is C24H31N3O3. The van der Waals surface area contributed by atoms with Gasteiger partial charge in [0.2, 0.25) is 0 Å². The van der Waals surface area contributed by atoms with Crippen LogP contribution in [-0.2, 0) is 5.41 Å². The first-order valence-corrected chi connectivity index (χ1v) is 10.5. The summed E-state index contributed by atoms with van der Waals surface area (Å²) in [5.74, 6) is 0.762. The second kappa shape index (κ2) is 9.65. The fourth-order valence-corrected chi connectivity index (χ4v) is 4.16. The van der Waals surface area contributed by atoms with Gasteiger partial charge < -0.3 is 20.7 Å². The lowest BCUT2D eigenvalue weighted by Crippen LogP contribution is -2.39. The molecule has 6 heteroatoms. The van der Waals surface area contributed by atoms with E-state index in [1.165, 1.54) is 5.56 Å². The zero-order valence-electron chi connectivity index (χ0n) is 18.0. The molecule has 160 valence electrons. The molecule has 3 N–H and O–H groups in total. The van der Waals surface area contributed by atoms with Crippen molar-refractivity contribution in [2.45, 2.75) is 51.0 Å². The zero-order valence-corrected chi connectivity index (χ0v) is 18.0. The fraction of sp³-hybridized carbons (Fsp3) is 0.417. The third-order valence-corrected chi connectivity index (χ3v) is 5.65. The van der Waals surface area contributed by atoms with Crippen molar-refractivity contribution in [3.63, 3.8) is 0 Å². The Bertz CT molecular complexity index is 872. The Morgan fingerprint density at radius 2 is 1.70 bits per heavy atom. The molecular weight excluding hydrogens is 378 g/mol. The molecule has 1 aliphatic carbocycles. The van der Waals surface area contributed by atoms with Crippen LogP contribution >= 0.6 is 0 Å². The summed E-state index contributed by atoms with van der Waals surface area (Å²) in [6, 6.07) is 14.8. The van der Waals surface area contributed by atoms with Crippen LogP contribution in [0.25, 0.3) is 0 Å². The van der Waals surface area contributed by atoms with Gasteiger partial charge in [0, 0.05) is 34.8 Å². The van der Waals surface area contributed by atoms with Gasteiger partial charge in [-0.2, -0.15) is 0 Å². The maximum Gasteiger partial charge on any atom is 0.319 e. The maximum absolute atomic E-state index is 12.8. The lowest BCUT2D eigenvalue weighted by atomic mass is 9.78. The monoisotopic (exact) mass is 409 g/mol. The largest absolute Gasteiger partial charge is 0.496 e. The molecule has 0 atom stereocenters. The smallest absolute Gasteiger partial charge is 0.319 e. The average Bonchev–Trinajstić information content (AvgIpc) is 3.22. The summed E-state index contributed by atoms with van der Waals surface area (Å²) in [5.41, 5.74) is 2.28. The second-order valence-electron chi connectivity index (χ2n) is 8.20. The minimum Gasteiger partial charge on any atom is -0.496 e. The number of amides is 3. The molecule has 0 spiro atoms. The van der Waals surface area contributed by atoms with Crippen LogP contribution in [0.4, 0.5) is 10.5 Å². The number of ether oxygens (including phenoxy) is 1. The highest BCUT2D eigenvalue weighted by molar-refractivity contribution is 5.95. The van der Waals surface area contributed by atoms with Crippen molar-refractivity contribution < 1.29 is 14.3 Å². The van der Waals surface area contributed by atoms with E-state index in [1.807, 2.05) is 32.0 Å². The van der Waals surface area contributed by atoms with Crippen molar-refractivity contribution in [3.8, 4) is 5.75 Å². The predicted octanol–water partition coefficient (Wildman–Crippen LogP) is 4.47. The van der Waals surface area contributed by atoms with E-state index in [9.17, 15) is 9.59 Å². The van der Waals surface area contributed by atoms with Crippen LogP contribution in [0.5, 0.6) is 5.75 Å². The SMILES string of the molecule is COc1ccccc1C1(CNC(=O)c2ccc(NC(=O)NC(C)C)cc2)CCCC1. The van der Waals surface area contributed by atoms with E-state index in [2.05, 4.69) is 22.0 Å².